The van der Waals surface area contributed by atoms with Crippen molar-refractivity contribution >= 4 is 15.9 Å². The first-order valence-corrected chi connectivity index (χ1v) is 4.30. The van der Waals surface area contributed by atoms with Crippen molar-refractivity contribution in [1.82, 2.24) is 4.90 Å². The molecule has 0 unspecified atom stereocenters. The van der Waals surface area contributed by atoms with Gasteiger partial charge in [-0.15, -0.1) is 0 Å². The van der Waals surface area contributed by atoms with E-state index in [0.717, 1.165) is 11.4 Å². The van der Waals surface area contributed by atoms with Crippen LogP contribution in [-0.2, 0) is 0 Å². The lowest BCUT2D eigenvalue weighted by molar-refractivity contribution is 0.117. The highest BCUT2D eigenvalue weighted by molar-refractivity contribution is 9.09. The third-order valence-corrected chi connectivity index (χ3v) is 2.60. The number of nitrogens with zero attached hydrogens (tertiary/aromatic N) is 1. The predicted octanol–water partition coefficient (Wildman–Crippen LogP) is 1.48. The average molecular weight is 178 g/mol. The summed E-state index contributed by atoms with van der Waals surface area (Å²) in [6.45, 7) is 4.75. The Bertz CT molecular complexity index is 60.9. The molecule has 0 radical (unpaired) electrons. The first kappa shape index (κ1) is 6.56. The van der Waals surface area contributed by atoms with Crippen LogP contribution >= 0.6 is 15.9 Å². The minimum atomic E-state index is 0.847. The van der Waals surface area contributed by atoms with Crippen molar-refractivity contribution in [3.8, 4) is 0 Å². The van der Waals surface area contributed by atoms with Crippen LogP contribution in [0.4, 0.5) is 0 Å². The van der Waals surface area contributed by atoms with Crippen LogP contribution in [0.3, 0.4) is 0 Å². The molecule has 1 saturated heterocycles. The van der Waals surface area contributed by atoms with Crippen LogP contribution in [0, 0.1) is 0 Å². The van der Waals surface area contributed by atoms with Gasteiger partial charge in [0.2, 0.25) is 0 Å². The minimum Gasteiger partial charge on any atom is -0.300 e. The monoisotopic (exact) mass is 177 g/mol. The molecule has 1 nitrogen and oxygen atoms in total. The van der Waals surface area contributed by atoms with E-state index in [1.807, 2.05) is 0 Å². The SMILES string of the molecule is CCN1CC[C@@H]1CBr. The number of halogens is 1. The van der Waals surface area contributed by atoms with Crippen LogP contribution in [-0.4, -0.2) is 29.4 Å². The van der Waals surface area contributed by atoms with E-state index in [0.29, 0.717) is 0 Å². The highest BCUT2D eigenvalue weighted by atomic mass is 79.9. The van der Waals surface area contributed by atoms with Crippen molar-refractivity contribution in [2.24, 2.45) is 0 Å². The Balaban J connectivity index is 2.16. The largest absolute Gasteiger partial charge is 0.300 e. The molecule has 0 aliphatic carbocycles. The van der Waals surface area contributed by atoms with Crippen LogP contribution in [0.2, 0.25) is 0 Å². The van der Waals surface area contributed by atoms with Gasteiger partial charge in [0.15, 0.2) is 0 Å². The van der Waals surface area contributed by atoms with Gasteiger partial charge in [-0.3, -0.25) is 4.90 Å². The van der Waals surface area contributed by atoms with Gasteiger partial charge in [-0.2, -0.15) is 0 Å². The smallest absolute Gasteiger partial charge is 0.0204 e. The predicted molar refractivity (Wildman–Crippen MR) is 39.4 cm³/mol. The van der Waals surface area contributed by atoms with Gasteiger partial charge >= 0.3 is 0 Å². The van der Waals surface area contributed by atoms with Crippen LogP contribution < -0.4 is 0 Å². The summed E-state index contributed by atoms with van der Waals surface area (Å²) in [7, 11) is 0. The molecule has 2 heteroatoms. The summed E-state index contributed by atoms with van der Waals surface area (Å²) in [4.78, 5) is 2.48. The van der Waals surface area contributed by atoms with Crippen molar-refractivity contribution in [3.05, 3.63) is 0 Å². The highest BCUT2D eigenvalue weighted by Gasteiger charge is 2.24. The zero-order chi connectivity index (χ0) is 5.98. The number of alkyl halides is 1. The third kappa shape index (κ3) is 1.06. The molecule has 0 aromatic rings. The number of rotatable bonds is 2. The van der Waals surface area contributed by atoms with Crippen LogP contribution in [0.25, 0.3) is 0 Å². The van der Waals surface area contributed by atoms with E-state index in [-0.39, 0.29) is 0 Å². The Morgan fingerprint density at radius 3 is 2.62 bits per heavy atom. The van der Waals surface area contributed by atoms with Gasteiger partial charge in [-0.1, -0.05) is 22.9 Å². The molecule has 1 aliphatic rings. The molecule has 0 saturated carbocycles. The topological polar surface area (TPSA) is 3.24 Å². The molecular formula is C6H12BrN. The van der Waals surface area contributed by atoms with E-state index in [9.17, 15) is 0 Å². The second kappa shape index (κ2) is 2.83. The minimum absolute atomic E-state index is 0.847. The summed E-state index contributed by atoms with van der Waals surface area (Å²) in [5.74, 6) is 0. The number of hydrogen-bond donors (Lipinski definition) is 0. The first-order valence-electron chi connectivity index (χ1n) is 3.18. The van der Waals surface area contributed by atoms with E-state index in [1.165, 1.54) is 19.5 Å². The molecule has 1 aliphatic heterocycles. The summed E-state index contributed by atoms with van der Waals surface area (Å²) in [6, 6.07) is 0.847. The van der Waals surface area contributed by atoms with Gasteiger partial charge in [0.25, 0.3) is 0 Å². The molecular weight excluding hydrogens is 166 g/mol. The lowest BCUT2D eigenvalue weighted by atomic mass is 10.1. The van der Waals surface area contributed by atoms with E-state index in [2.05, 4.69) is 27.8 Å². The van der Waals surface area contributed by atoms with Crippen LogP contribution in [0.15, 0.2) is 0 Å². The number of likely N-dealkylation sites (tertiary alicyclic amines) is 1. The summed E-state index contributed by atoms with van der Waals surface area (Å²) in [5.41, 5.74) is 0. The van der Waals surface area contributed by atoms with E-state index in [4.69, 9.17) is 0 Å². The van der Waals surface area contributed by atoms with Gasteiger partial charge in [-0.25, -0.2) is 0 Å². The molecule has 1 atom stereocenters. The van der Waals surface area contributed by atoms with Gasteiger partial charge in [0.05, 0.1) is 0 Å². The summed E-state index contributed by atoms with van der Waals surface area (Å²) < 4.78 is 0. The van der Waals surface area contributed by atoms with E-state index < -0.39 is 0 Å². The van der Waals surface area contributed by atoms with E-state index >= 15 is 0 Å². The zero-order valence-corrected chi connectivity index (χ0v) is 6.82. The average Bonchev–Trinajstić information content (AvgIpc) is 1.66. The standard InChI is InChI=1S/C6H12BrN/c1-2-8-4-3-6(8)5-7/h6H,2-5H2,1H3/t6-/m1/s1. The Morgan fingerprint density at radius 1 is 1.75 bits per heavy atom. The Hall–Kier alpha value is 0.440. The second-order valence-electron chi connectivity index (χ2n) is 2.23. The van der Waals surface area contributed by atoms with Crippen molar-refractivity contribution in [2.45, 2.75) is 19.4 Å². The lowest BCUT2D eigenvalue weighted by Crippen LogP contribution is -2.48. The molecule has 48 valence electrons. The molecule has 0 aromatic heterocycles. The van der Waals surface area contributed by atoms with Gasteiger partial charge in [0, 0.05) is 11.4 Å². The third-order valence-electron chi connectivity index (χ3n) is 1.85. The lowest BCUT2D eigenvalue weighted by Gasteiger charge is -2.39. The summed E-state index contributed by atoms with van der Waals surface area (Å²) >= 11 is 3.47. The molecule has 0 spiro atoms. The maximum atomic E-state index is 3.47. The molecule has 1 heterocycles. The molecule has 8 heavy (non-hydrogen) atoms. The van der Waals surface area contributed by atoms with E-state index in [1.54, 1.807) is 0 Å². The fourth-order valence-corrected chi connectivity index (χ4v) is 1.82. The molecule has 1 rings (SSSR count). The number of hydrogen-bond acceptors (Lipinski definition) is 1. The van der Waals surface area contributed by atoms with Crippen molar-refractivity contribution < 1.29 is 0 Å². The maximum absolute atomic E-state index is 3.47. The first-order chi connectivity index (χ1) is 3.88. The summed E-state index contributed by atoms with van der Waals surface area (Å²) in [5, 5.41) is 1.15. The quantitative estimate of drug-likeness (QED) is 0.579. The fraction of sp³-hybridized carbons (Fsp3) is 1.00. The highest BCUT2D eigenvalue weighted by Crippen LogP contribution is 2.17. The second-order valence-corrected chi connectivity index (χ2v) is 2.87. The Kier molecular flexibility index (Phi) is 2.32. The molecule has 0 bridgehead atoms. The Labute approximate surface area is 59.2 Å². The molecule has 0 aromatic carbocycles. The van der Waals surface area contributed by atoms with Gasteiger partial charge in [-0.05, 0) is 19.5 Å². The van der Waals surface area contributed by atoms with Crippen molar-refractivity contribution in [2.75, 3.05) is 18.4 Å². The normalized spacial score (nSPS) is 30.0. The van der Waals surface area contributed by atoms with Gasteiger partial charge < -0.3 is 0 Å². The molecule has 0 amide bonds. The van der Waals surface area contributed by atoms with Crippen molar-refractivity contribution in [1.29, 1.82) is 0 Å². The van der Waals surface area contributed by atoms with Crippen LogP contribution in [0.1, 0.15) is 13.3 Å². The van der Waals surface area contributed by atoms with Crippen LogP contribution in [0.5, 0.6) is 0 Å². The Morgan fingerprint density at radius 2 is 2.50 bits per heavy atom. The molecule has 0 N–H and O–H groups in total. The fourth-order valence-electron chi connectivity index (χ4n) is 1.09. The van der Waals surface area contributed by atoms with Gasteiger partial charge in [0.1, 0.15) is 0 Å². The summed E-state index contributed by atoms with van der Waals surface area (Å²) in [6.07, 6.45) is 1.39. The molecule has 1 fully saturated rings. The zero-order valence-electron chi connectivity index (χ0n) is 5.23. The van der Waals surface area contributed by atoms with Crippen molar-refractivity contribution in [3.63, 3.8) is 0 Å². The maximum Gasteiger partial charge on any atom is 0.0204 e.